The van der Waals surface area contributed by atoms with Crippen molar-refractivity contribution in [2.45, 2.75) is 19.3 Å². The number of ether oxygens (including phenoxy) is 1. The summed E-state index contributed by atoms with van der Waals surface area (Å²) in [6, 6.07) is 0.431. The van der Waals surface area contributed by atoms with Gasteiger partial charge in [-0.1, -0.05) is 0 Å². The van der Waals surface area contributed by atoms with Gasteiger partial charge in [0, 0.05) is 0 Å². The van der Waals surface area contributed by atoms with Gasteiger partial charge in [-0.3, -0.25) is 0 Å². The summed E-state index contributed by atoms with van der Waals surface area (Å²) in [6.45, 7) is 1.19. The molecule has 0 aliphatic heterocycles. The molecule has 1 aromatic heterocycles. The molecule has 0 aliphatic carbocycles. The number of rotatable bonds is 2. The molecule has 19 heavy (non-hydrogen) atoms. The summed E-state index contributed by atoms with van der Waals surface area (Å²) in [7, 11) is 0. The minimum absolute atomic E-state index is 0.177. The Balaban J connectivity index is 3.37. The van der Waals surface area contributed by atoms with Crippen LogP contribution in [-0.4, -0.2) is 17.6 Å². The first kappa shape index (κ1) is 15.3. The smallest absolute Gasteiger partial charge is 0.433 e. The van der Waals surface area contributed by atoms with E-state index in [9.17, 15) is 31.1 Å². The van der Waals surface area contributed by atoms with Gasteiger partial charge in [0.05, 0.1) is 12.2 Å². The fourth-order valence-corrected chi connectivity index (χ4v) is 1.15. The van der Waals surface area contributed by atoms with Crippen LogP contribution in [0, 0.1) is 0 Å². The zero-order chi connectivity index (χ0) is 14.8. The Morgan fingerprint density at radius 3 is 1.84 bits per heavy atom. The van der Waals surface area contributed by atoms with Gasteiger partial charge in [-0.2, -0.15) is 26.3 Å². The van der Waals surface area contributed by atoms with Crippen LogP contribution in [0.3, 0.4) is 0 Å². The Morgan fingerprint density at radius 1 is 1.11 bits per heavy atom. The van der Waals surface area contributed by atoms with E-state index in [1.807, 2.05) is 0 Å². The van der Waals surface area contributed by atoms with Gasteiger partial charge in [0.1, 0.15) is 11.4 Å². The van der Waals surface area contributed by atoms with Crippen molar-refractivity contribution in [1.82, 2.24) is 4.98 Å². The van der Waals surface area contributed by atoms with Crippen molar-refractivity contribution in [1.29, 1.82) is 0 Å². The van der Waals surface area contributed by atoms with E-state index in [-0.39, 0.29) is 18.7 Å². The van der Waals surface area contributed by atoms with Gasteiger partial charge in [0.25, 0.3) is 0 Å². The summed E-state index contributed by atoms with van der Waals surface area (Å²) in [5.74, 6) is -1.28. The summed E-state index contributed by atoms with van der Waals surface area (Å²) in [6.07, 6.45) is -10.2. The normalized spacial score (nSPS) is 12.4. The Bertz CT molecular complexity index is 448. The predicted octanol–water partition coefficient (Wildman–Crippen LogP) is 3.30. The second-order valence-corrected chi connectivity index (χ2v) is 3.34. The second-order valence-electron chi connectivity index (χ2n) is 3.34. The molecule has 0 N–H and O–H groups in total. The lowest BCUT2D eigenvalue weighted by atomic mass is 10.2. The van der Waals surface area contributed by atoms with Crippen molar-refractivity contribution in [2.24, 2.45) is 0 Å². The SMILES string of the molecule is CCOC(=O)c1cc(C(F)(F)F)nc(C(F)(F)F)c1. The zero-order valence-electron chi connectivity index (χ0n) is 9.39. The van der Waals surface area contributed by atoms with Gasteiger partial charge in [-0.15, -0.1) is 0 Å². The van der Waals surface area contributed by atoms with Gasteiger partial charge in [-0.25, -0.2) is 9.78 Å². The number of alkyl halides is 6. The molecule has 3 nitrogen and oxygen atoms in total. The third-order valence-corrected chi connectivity index (χ3v) is 1.92. The van der Waals surface area contributed by atoms with E-state index in [0.29, 0.717) is 0 Å². The number of hydrogen-bond acceptors (Lipinski definition) is 3. The maximum atomic E-state index is 12.4. The Hall–Kier alpha value is -1.80. The summed E-state index contributed by atoms with van der Waals surface area (Å²) in [5, 5.41) is 0. The number of aromatic nitrogens is 1. The number of nitrogens with zero attached hydrogens (tertiary/aromatic N) is 1. The molecule has 0 spiro atoms. The highest BCUT2D eigenvalue weighted by Crippen LogP contribution is 2.33. The number of carbonyl (C=O) groups excluding carboxylic acids is 1. The summed E-state index contributed by atoms with van der Waals surface area (Å²) >= 11 is 0. The average Bonchev–Trinajstić information content (AvgIpc) is 2.26. The van der Waals surface area contributed by atoms with Gasteiger partial charge in [0.15, 0.2) is 0 Å². The predicted molar refractivity (Wildman–Crippen MR) is 50.2 cm³/mol. The first-order valence-electron chi connectivity index (χ1n) is 4.89. The molecule has 0 atom stereocenters. The molecule has 0 aliphatic rings. The largest absolute Gasteiger partial charge is 0.462 e. The maximum absolute atomic E-state index is 12.4. The van der Waals surface area contributed by atoms with E-state index in [4.69, 9.17) is 0 Å². The Morgan fingerprint density at radius 2 is 1.53 bits per heavy atom. The van der Waals surface area contributed by atoms with Crippen molar-refractivity contribution >= 4 is 5.97 Å². The first-order chi connectivity index (χ1) is 8.55. The third-order valence-electron chi connectivity index (χ3n) is 1.92. The number of hydrogen-bond donors (Lipinski definition) is 0. The van der Waals surface area contributed by atoms with Crippen molar-refractivity contribution < 1.29 is 35.9 Å². The summed E-state index contributed by atoms with van der Waals surface area (Å²) in [5.41, 5.74) is -4.45. The lowest BCUT2D eigenvalue weighted by molar-refractivity contribution is -0.150. The van der Waals surface area contributed by atoms with Crippen LogP contribution in [-0.2, 0) is 17.1 Å². The monoisotopic (exact) mass is 287 g/mol. The van der Waals surface area contributed by atoms with Crippen molar-refractivity contribution in [2.75, 3.05) is 6.61 Å². The van der Waals surface area contributed by atoms with Gasteiger partial charge in [-0.05, 0) is 19.1 Å². The highest BCUT2D eigenvalue weighted by molar-refractivity contribution is 5.89. The molecule has 9 heteroatoms. The molecule has 0 fully saturated rings. The topological polar surface area (TPSA) is 39.2 Å². The quantitative estimate of drug-likeness (QED) is 0.619. The molecule has 0 bridgehead atoms. The molecule has 1 heterocycles. The van der Waals surface area contributed by atoms with Crippen molar-refractivity contribution in [3.8, 4) is 0 Å². The zero-order valence-corrected chi connectivity index (χ0v) is 9.39. The van der Waals surface area contributed by atoms with Crippen LogP contribution in [0.25, 0.3) is 0 Å². The van der Waals surface area contributed by atoms with Crippen LogP contribution in [0.4, 0.5) is 26.3 Å². The van der Waals surface area contributed by atoms with E-state index in [1.54, 1.807) is 0 Å². The molecule has 0 saturated heterocycles. The maximum Gasteiger partial charge on any atom is 0.433 e. The van der Waals surface area contributed by atoms with E-state index < -0.39 is 35.3 Å². The third kappa shape index (κ3) is 3.83. The summed E-state index contributed by atoms with van der Waals surface area (Å²) in [4.78, 5) is 13.7. The van der Waals surface area contributed by atoms with Gasteiger partial charge in [0.2, 0.25) is 0 Å². The lowest BCUT2D eigenvalue weighted by Crippen LogP contribution is -2.17. The van der Waals surface area contributed by atoms with Crippen LogP contribution in [0.1, 0.15) is 28.7 Å². The molecular formula is C10H7F6NO2. The fraction of sp³-hybridized carbons (Fsp3) is 0.400. The van der Waals surface area contributed by atoms with Gasteiger partial charge >= 0.3 is 18.3 Å². The van der Waals surface area contributed by atoms with E-state index >= 15 is 0 Å². The van der Waals surface area contributed by atoms with Crippen LogP contribution in [0.5, 0.6) is 0 Å². The molecule has 0 amide bonds. The molecule has 0 unspecified atom stereocenters. The van der Waals surface area contributed by atoms with Crippen LogP contribution >= 0.6 is 0 Å². The van der Waals surface area contributed by atoms with E-state index in [2.05, 4.69) is 9.72 Å². The number of pyridine rings is 1. The Labute approximate surface area is 103 Å². The van der Waals surface area contributed by atoms with Crippen molar-refractivity contribution in [3.05, 3.63) is 29.1 Å². The number of esters is 1. The molecule has 0 saturated carbocycles. The van der Waals surface area contributed by atoms with Crippen LogP contribution < -0.4 is 0 Å². The minimum atomic E-state index is -5.09. The van der Waals surface area contributed by atoms with E-state index in [0.717, 1.165) is 0 Å². The minimum Gasteiger partial charge on any atom is -0.462 e. The second kappa shape index (κ2) is 5.06. The van der Waals surface area contributed by atoms with Crippen LogP contribution in [0.15, 0.2) is 12.1 Å². The Kier molecular flexibility index (Phi) is 4.06. The highest BCUT2D eigenvalue weighted by atomic mass is 19.4. The molecule has 1 rings (SSSR count). The standard InChI is InChI=1S/C10H7F6NO2/c1-2-19-8(18)5-3-6(9(11,12)13)17-7(4-5)10(14,15)16/h3-4H,2H2,1H3. The molecule has 1 aromatic rings. The highest BCUT2D eigenvalue weighted by Gasteiger charge is 2.39. The number of carbonyl (C=O) groups is 1. The lowest BCUT2D eigenvalue weighted by Gasteiger charge is -2.12. The van der Waals surface area contributed by atoms with Gasteiger partial charge < -0.3 is 4.74 Å². The summed E-state index contributed by atoms with van der Waals surface area (Å²) < 4.78 is 78.8. The first-order valence-corrected chi connectivity index (χ1v) is 4.89. The van der Waals surface area contributed by atoms with Crippen molar-refractivity contribution in [3.63, 3.8) is 0 Å². The molecular weight excluding hydrogens is 280 g/mol. The van der Waals surface area contributed by atoms with E-state index in [1.165, 1.54) is 6.92 Å². The molecule has 106 valence electrons. The fourth-order valence-electron chi connectivity index (χ4n) is 1.15. The number of halogens is 6. The molecule has 0 aromatic carbocycles. The van der Waals surface area contributed by atoms with Crippen LogP contribution in [0.2, 0.25) is 0 Å². The molecule has 0 radical (unpaired) electrons. The average molecular weight is 287 g/mol.